The van der Waals surface area contributed by atoms with E-state index in [0.717, 1.165) is 6.42 Å². The molecule has 0 saturated carbocycles. The number of benzene rings is 2. The average Bonchev–Trinajstić information content (AvgIpc) is 2.94. The second-order valence-corrected chi connectivity index (χ2v) is 5.38. The summed E-state index contributed by atoms with van der Waals surface area (Å²) in [6, 6.07) is 9.27. The summed E-state index contributed by atoms with van der Waals surface area (Å²) >= 11 is 0. The molecule has 1 fully saturated rings. The first-order chi connectivity index (χ1) is 10.6. The van der Waals surface area contributed by atoms with Gasteiger partial charge in [-0.3, -0.25) is 9.59 Å². The van der Waals surface area contributed by atoms with Crippen LogP contribution in [0.25, 0.3) is 21.9 Å². The lowest BCUT2D eigenvalue weighted by Gasteiger charge is -2.15. The molecule has 22 heavy (non-hydrogen) atoms. The first kappa shape index (κ1) is 13.0. The normalized spacial score (nSPS) is 15.1. The molecule has 0 unspecified atom stereocenters. The number of amides is 1. The van der Waals surface area contributed by atoms with Crippen LogP contribution < -0.4 is 10.3 Å². The van der Waals surface area contributed by atoms with Gasteiger partial charge in [-0.05, 0) is 30.7 Å². The molecule has 3 aromatic rings. The van der Waals surface area contributed by atoms with Gasteiger partial charge in [-0.1, -0.05) is 6.07 Å². The minimum Gasteiger partial charge on any atom is -0.453 e. The summed E-state index contributed by atoms with van der Waals surface area (Å²) in [6.45, 7) is 0.649. The number of hydrogen-bond acceptors (Lipinski definition) is 3. The van der Waals surface area contributed by atoms with Crippen molar-refractivity contribution in [3.05, 3.63) is 52.4 Å². The average molecular weight is 297 g/mol. The highest BCUT2D eigenvalue weighted by atomic mass is 19.1. The third-order valence-electron chi connectivity index (χ3n) is 4.02. The molecule has 2 aromatic carbocycles. The molecule has 5 heteroatoms. The molecule has 0 bridgehead atoms. The van der Waals surface area contributed by atoms with E-state index in [1.807, 2.05) is 0 Å². The van der Waals surface area contributed by atoms with E-state index in [1.165, 1.54) is 12.1 Å². The first-order valence-corrected chi connectivity index (χ1v) is 7.10. The largest absolute Gasteiger partial charge is 0.453 e. The Bertz CT molecular complexity index is 977. The molecule has 110 valence electrons. The van der Waals surface area contributed by atoms with Gasteiger partial charge in [0.05, 0.1) is 10.8 Å². The molecular weight excluding hydrogens is 285 g/mol. The summed E-state index contributed by atoms with van der Waals surface area (Å²) in [5.74, 6) is -0.521. The zero-order valence-corrected chi connectivity index (χ0v) is 11.6. The molecule has 1 aromatic heterocycles. The maximum Gasteiger partial charge on any atom is 0.227 e. The van der Waals surface area contributed by atoms with Gasteiger partial charge in [0.1, 0.15) is 5.58 Å². The van der Waals surface area contributed by atoms with Crippen LogP contribution in [-0.2, 0) is 4.79 Å². The van der Waals surface area contributed by atoms with Gasteiger partial charge in [-0.2, -0.15) is 0 Å². The van der Waals surface area contributed by atoms with Gasteiger partial charge >= 0.3 is 0 Å². The van der Waals surface area contributed by atoms with Gasteiger partial charge in [0.25, 0.3) is 0 Å². The molecule has 0 radical (unpaired) electrons. The van der Waals surface area contributed by atoms with Crippen LogP contribution >= 0.6 is 0 Å². The number of rotatable bonds is 1. The lowest BCUT2D eigenvalue weighted by atomic mass is 10.1. The number of carbonyl (C=O) groups is 1. The van der Waals surface area contributed by atoms with Crippen LogP contribution in [0.5, 0.6) is 0 Å². The van der Waals surface area contributed by atoms with Crippen LogP contribution in [0, 0.1) is 5.82 Å². The molecule has 0 spiro atoms. The second-order valence-electron chi connectivity index (χ2n) is 5.38. The smallest absolute Gasteiger partial charge is 0.227 e. The number of fused-ring (bicyclic) bond motifs is 2. The fraction of sp³-hybridized carbons (Fsp3) is 0.176. The minimum absolute atomic E-state index is 0.0497. The summed E-state index contributed by atoms with van der Waals surface area (Å²) in [7, 11) is 0. The van der Waals surface area contributed by atoms with Gasteiger partial charge in [-0.15, -0.1) is 0 Å². The van der Waals surface area contributed by atoms with Crippen molar-refractivity contribution in [1.29, 1.82) is 0 Å². The monoisotopic (exact) mass is 297 g/mol. The predicted molar refractivity (Wildman–Crippen MR) is 81.5 cm³/mol. The Labute approximate surface area is 124 Å². The van der Waals surface area contributed by atoms with Crippen molar-refractivity contribution in [1.82, 2.24) is 0 Å². The number of carbonyl (C=O) groups excluding carboxylic acids is 1. The third-order valence-corrected chi connectivity index (χ3v) is 4.02. The van der Waals surface area contributed by atoms with Crippen molar-refractivity contribution in [3.63, 3.8) is 0 Å². The minimum atomic E-state index is -0.570. The van der Waals surface area contributed by atoms with Crippen LogP contribution in [0.2, 0.25) is 0 Å². The molecule has 0 N–H and O–H groups in total. The highest BCUT2D eigenvalue weighted by Crippen LogP contribution is 2.27. The maximum absolute atomic E-state index is 13.9. The van der Waals surface area contributed by atoms with Crippen molar-refractivity contribution in [2.24, 2.45) is 0 Å². The van der Waals surface area contributed by atoms with Crippen molar-refractivity contribution < 1.29 is 13.6 Å². The zero-order chi connectivity index (χ0) is 15.3. The van der Waals surface area contributed by atoms with Crippen molar-refractivity contribution in [2.45, 2.75) is 12.8 Å². The summed E-state index contributed by atoms with van der Waals surface area (Å²) in [5, 5.41) is 0.603. The summed E-state index contributed by atoms with van der Waals surface area (Å²) in [5.41, 5.74) is 0.647. The SMILES string of the molecule is O=C1CCCN1c1ccc2c(=O)c3cccc(F)c3oc2c1. The Hall–Kier alpha value is -2.69. The van der Waals surface area contributed by atoms with Crippen LogP contribution in [0.1, 0.15) is 12.8 Å². The molecule has 4 nitrogen and oxygen atoms in total. The number of para-hydroxylation sites is 1. The molecular formula is C17H12FNO3. The van der Waals surface area contributed by atoms with Crippen LogP contribution in [0.4, 0.5) is 10.1 Å². The third kappa shape index (κ3) is 1.82. The molecule has 0 aliphatic carbocycles. The van der Waals surface area contributed by atoms with E-state index in [-0.39, 0.29) is 22.3 Å². The van der Waals surface area contributed by atoms with Gasteiger partial charge in [0.2, 0.25) is 11.3 Å². The molecule has 1 amide bonds. The standard InChI is InChI=1S/C17H12FNO3/c18-13-4-1-3-12-16(21)11-7-6-10(9-14(11)22-17(12)13)19-8-2-5-15(19)20/h1,3-4,6-7,9H,2,5,8H2. The number of halogens is 1. The Morgan fingerprint density at radius 2 is 1.95 bits per heavy atom. The summed E-state index contributed by atoms with van der Waals surface area (Å²) in [4.78, 5) is 25.9. The van der Waals surface area contributed by atoms with E-state index >= 15 is 0 Å². The predicted octanol–water partition coefficient (Wildman–Crippen LogP) is 3.21. The number of hydrogen-bond donors (Lipinski definition) is 0. The van der Waals surface area contributed by atoms with E-state index in [9.17, 15) is 14.0 Å². The number of anilines is 1. The number of nitrogens with zero attached hydrogens (tertiary/aromatic N) is 1. The first-order valence-electron chi connectivity index (χ1n) is 7.10. The van der Waals surface area contributed by atoms with Crippen LogP contribution in [0.3, 0.4) is 0 Å². The lowest BCUT2D eigenvalue weighted by molar-refractivity contribution is -0.117. The zero-order valence-electron chi connectivity index (χ0n) is 11.6. The Balaban J connectivity index is 2.00. The second kappa shape index (κ2) is 4.66. The molecule has 4 rings (SSSR count). The fourth-order valence-electron chi connectivity index (χ4n) is 2.92. The van der Waals surface area contributed by atoms with Crippen LogP contribution in [-0.4, -0.2) is 12.5 Å². The van der Waals surface area contributed by atoms with Crippen molar-refractivity contribution >= 4 is 33.5 Å². The topological polar surface area (TPSA) is 50.5 Å². The molecule has 2 heterocycles. The highest BCUT2D eigenvalue weighted by molar-refractivity contribution is 5.98. The Morgan fingerprint density at radius 1 is 1.09 bits per heavy atom. The van der Waals surface area contributed by atoms with E-state index in [2.05, 4.69) is 0 Å². The molecule has 1 aliphatic rings. The van der Waals surface area contributed by atoms with Crippen molar-refractivity contribution in [3.8, 4) is 0 Å². The maximum atomic E-state index is 13.9. The quantitative estimate of drug-likeness (QED) is 0.648. The van der Waals surface area contributed by atoms with E-state index in [0.29, 0.717) is 29.6 Å². The van der Waals surface area contributed by atoms with Gasteiger partial charge in [0.15, 0.2) is 11.4 Å². The van der Waals surface area contributed by atoms with E-state index in [1.54, 1.807) is 29.2 Å². The van der Waals surface area contributed by atoms with Crippen molar-refractivity contribution in [2.75, 3.05) is 11.4 Å². The molecule has 0 atom stereocenters. The summed E-state index contributed by atoms with van der Waals surface area (Å²) < 4.78 is 19.4. The van der Waals surface area contributed by atoms with Gasteiger partial charge in [-0.25, -0.2) is 4.39 Å². The van der Waals surface area contributed by atoms with E-state index in [4.69, 9.17) is 4.42 Å². The Kier molecular flexibility index (Phi) is 2.76. The van der Waals surface area contributed by atoms with Gasteiger partial charge < -0.3 is 9.32 Å². The van der Waals surface area contributed by atoms with Crippen LogP contribution in [0.15, 0.2) is 45.6 Å². The van der Waals surface area contributed by atoms with Gasteiger partial charge in [0, 0.05) is 24.7 Å². The molecule has 1 aliphatic heterocycles. The lowest BCUT2D eigenvalue weighted by Crippen LogP contribution is -2.23. The fourth-order valence-corrected chi connectivity index (χ4v) is 2.92. The summed E-state index contributed by atoms with van der Waals surface area (Å²) in [6.07, 6.45) is 1.33. The Morgan fingerprint density at radius 3 is 2.73 bits per heavy atom. The molecule has 1 saturated heterocycles. The van der Waals surface area contributed by atoms with E-state index < -0.39 is 5.82 Å². The highest BCUT2D eigenvalue weighted by Gasteiger charge is 2.22.